The third-order valence-corrected chi connectivity index (χ3v) is 8.52. The van der Waals surface area contributed by atoms with Crippen LogP contribution in [0.5, 0.6) is 23.0 Å². The summed E-state index contributed by atoms with van der Waals surface area (Å²) < 4.78 is 13.4. The van der Waals surface area contributed by atoms with E-state index in [4.69, 9.17) is 14.7 Å². The molecule has 2 N–H and O–H groups in total. The van der Waals surface area contributed by atoms with Crippen molar-refractivity contribution in [2.24, 2.45) is 0 Å². The lowest BCUT2D eigenvalue weighted by atomic mass is 9.77. The number of nitrogens with zero attached hydrogens (tertiary/aromatic N) is 1. The van der Waals surface area contributed by atoms with Crippen LogP contribution in [0.25, 0.3) is 0 Å². The average Bonchev–Trinajstić information content (AvgIpc) is 3.05. The number of esters is 1. The Morgan fingerprint density at radius 1 is 0.906 bits per heavy atom. The van der Waals surface area contributed by atoms with Gasteiger partial charge < -0.3 is 19.7 Å². The maximum absolute atomic E-state index is 13.1. The van der Waals surface area contributed by atoms with Gasteiger partial charge in [0.25, 0.3) is 0 Å². The van der Waals surface area contributed by atoms with Gasteiger partial charge >= 0.3 is 5.97 Å². The van der Waals surface area contributed by atoms with Gasteiger partial charge in [0.2, 0.25) is 0 Å². The van der Waals surface area contributed by atoms with E-state index >= 15 is 0 Å². The molecule has 0 saturated carbocycles. The highest BCUT2D eigenvalue weighted by atomic mass is 79.9. The molecule has 5 rings (SSSR count). The number of rotatable bonds is 1. The number of ether oxygens (including phenoxy) is 2. The van der Waals surface area contributed by atoms with Crippen LogP contribution in [0.3, 0.4) is 0 Å². The lowest BCUT2D eigenvalue weighted by molar-refractivity contribution is 0.0222. The molecule has 0 unspecified atom stereocenters. The van der Waals surface area contributed by atoms with E-state index in [1.54, 1.807) is 30.3 Å². The molecular weight excluding hydrogens is 698 g/mol. The summed E-state index contributed by atoms with van der Waals surface area (Å²) in [7, 11) is 0. The van der Waals surface area contributed by atoms with E-state index in [0.29, 0.717) is 36.1 Å². The number of aromatic hydroxyl groups is 2. The molecule has 0 aliphatic carbocycles. The van der Waals surface area contributed by atoms with Gasteiger partial charge in [-0.05, 0) is 99.7 Å². The quantitative estimate of drug-likeness (QED) is 0.156. The predicted molar refractivity (Wildman–Crippen MR) is 130 cm³/mol. The molecule has 0 radical (unpaired) electrons. The molecule has 2 aliphatic heterocycles. The Labute approximate surface area is 219 Å². The second-order valence-electron chi connectivity index (χ2n) is 6.87. The number of carbonyl (C=O) groups excluding carboxylic acids is 1. The van der Waals surface area contributed by atoms with Gasteiger partial charge in [-0.3, -0.25) is 0 Å². The Balaban J connectivity index is 1.93. The van der Waals surface area contributed by atoms with Crippen LogP contribution >= 0.6 is 75.5 Å². The summed E-state index contributed by atoms with van der Waals surface area (Å²) in [4.78, 5) is 13.7. The molecule has 3 aromatic rings. The van der Waals surface area contributed by atoms with Crippen LogP contribution < -0.4 is 4.74 Å². The van der Waals surface area contributed by atoms with Crippen LogP contribution in [-0.4, -0.2) is 16.2 Å². The van der Waals surface area contributed by atoms with Crippen LogP contribution in [0.15, 0.2) is 53.1 Å². The lowest BCUT2D eigenvalue weighted by Crippen LogP contribution is -2.33. The fourth-order valence-corrected chi connectivity index (χ4v) is 6.74. The van der Waals surface area contributed by atoms with E-state index in [0.717, 1.165) is 11.8 Å². The summed E-state index contributed by atoms with van der Waals surface area (Å²) in [5, 5.41) is 32.0. The fourth-order valence-electron chi connectivity index (χ4n) is 3.92. The number of phenols is 2. The number of benzene rings is 3. The lowest BCUT2D eigenvalue weighted by Gasteiger charge is -2.37. The Morgan fingerprint density at radius 3 is 2.00 bits per heavy atom. The molecule has 0 bridgehead atoms. The maximum atomic E-state index is 13.1. The first-order valence-corrected chi connectivity index (χ1v) is 12.7. The second kappa shape index (κ2) is 7.67. The molecule has 3 aromatic carbocycles. The SMILES string of the molecule is N#CSc1ccc2c(c1)C(=O)OC21c2cc(Br)c(O)c(Br)c2Oc2c1cc(Br)c(O)c2Br. The van der Waals surface area contributed by atoms with Crippen LogP contribution in [0.1, 0.15) is 27.0 Å². The molecular formula is C21H7Br4NO5S. The maximum Gasteiger partial charge on any atom is 0.340 e. The summed E-state index contributed by atoms with van der Waals surface area (Å²) >= 11 is 14.4. The van der Waals surface area contributed by atoms with Gasteiger partial charge in [-0.15, -0.1) is 0 Å². The summed E-state index contributed by atoms with van der Waals surface area (Å²) in [6, 6.07) is 8.35. The molecule has 1 spiro atoms. The summed E-state index contributed by atoms with van der Waals surface area (Å²) in [5.41, 5.74) is 0.370. The van der Waals surface area contributed by atoms with Gasteiger partial charge in [0.05, 0.1) is 25.6 Å². The van der Waals surface area contributed by atoms with Crippen molar-refractivity contribution in [3.63, 3.8) is 0 Å². The van der Waals surface area contributed by atoms with Gasteiger partial charge in [0.1, 0.15) is 25.8 Å². The first kappa shape index (κ1) is 22.1. The normalized spacial score (nSPS) is 14.8. The fraction of sp³-hybridized carbons (Fsp3) is 0.0476. The number of hydrogen-bond donors (Lipinski definition) is 2. The minimum atomic E-state index is -1.43. The number of thioether (sulfide) groups is 1. The highest BCUT2D eigenvalue weighted by Crippen LogP contribution is 2.62. The molecule has 0 aromatic heterocycles. The van der Waals surface area contributed by atoms with Crippen LogP contribution in [0.2, 0.25) is 0 Å². The molecule has 2 aliphatic rings. The standard InChI is InChI=1S/C21H7Br4NO5S/c22-12-4-10-18(14(24)16(12)27)30-19-11(5-13(23)17(28)15(19)25)21(10)9-2-1-7(32-6-26)3-8(9)20(29)31-21/h1-5,27-28H. The zero-order valence-electron chi connectivity index (χ0n) is 15.4. The van der Waals surface area contributed by atoms with Crippen LogP contribution in [0, 0.1) is 10.7 Å². The smallest absolute Gasteiger partial charge is 0.340 e. The van der Waals surface area contributed by atoms with Gasteiger partial charge in [0, 0.05) is 10.5 Å². The minimum Gasteiger partial charge on any atom is -0.505 e. The molecule has 6 nitrogen and oxygen atoms in total. The zero-order valence-corrected chi connectivity index (χ0v) is 22.5. The van der Waals surface area contributed by atoms with Crippen molar-refractivity contribution in [1.82, 2.24) is 0 Å². The Morgan fingerprint density at radius 2 is 1.47 bits per heavy atom. The summed E-state index contributed by atoms with van der Waals surface area (Å²) in [5.74, 6) is -0.288. The molecule has 0 saturated heterocycles. The first-order chi connectivity index (χ1) is 15.2. The monoisotopic (exact) mass is 701 g/mol. The number of halogens is 4. The highest BCUT2D eigenvalue weighted by Gasteiger charge is 2.55. The van der Waals surface area contributed by atoms with E-state index in [1.807, 2.05) is 5.40 Å². The number of carbonyl (C=O) groups is 1. The Hall–Kier alpha value is -1.71. The molecule has 32 heavy (non-hydrogen) atoms. The first-order valence-electron chi connectivity index (χ1n) is 8.75. The largest absolute Gasteiger partial charge is 0.505 e. The summed E-state index contributed by atoms with van der Waals surface area (Å²) in [6.07, 6.45) is 0. The van der Waals surface area contributed by atoms with E-state index in [9.17, 15) is 15.0 Å². The van der Waals surface area contributed by atoms with Crippen molar-refractivity contribution >= 4 is 81.5 Å². The van der Waals surface area contributed by atoms with Crippen LogP contribution in [0.4, 0.5) is 0 Å². The van der Waals surface area contributed by atoms with Gasteiger partial charge in [-0.25, -0.2) is 4.79 Å². The summed E-state index contributed by atoms with van der Waals surface area (Å²) in [6.45, 7) is 0. The third kappa shape index (κ3) is 2.90. The van der Waals surface area contributed by atoms with Crippen molar-refractivity contribution < 1.29 is 24.5 Å². The number of phenolic OH excluding ortho intramolecular Hbond substituents is 2. The van der Waals surface area contributed by atoms with Crippen molar-refractivity contribution in [2.75, 3.05) is 0 Å². The number of hydrogen-bond acceptors (Lipinski definition) is 7. The Bertz CT molecular complexity index is 1360. The molecule has 0 fully saturated rings. The highest BCUT2D eigenvalue weighted by molar-refractivity contribution is 9.11. The van der Waals surface area contributed by atoms with Gasteiger partial charge in [-0.1, -0.05) is 6.07 Å². The minimum absolute atomic E-state index is 0.0925. The Kier molecular flexibility index (Phi) is 5.30. The second-order valence-corrected chi connectivity index (χ2v) is 11.0. The molecule has 0 atom stereocenters. The number of nitriles is 1. The predicted octanol–water partition coefficient (Wildman–Crippen LogP) is 7.29. The van der Waals surface area contributed by atoms with E-state index in [2.05, 4.69) is 63.7 Å². The van der Waals surface area contributed by atoms with Crippen molar-refractivity contribution in [1.29, 1.82) is 5.26 Å². The zero-order chi connectivity index (χ0) is 22.9. The van der Waals surface area contributed by atoms with Gasteiger partial charge in [0.15, 0.2) is 17.1 Å². The van der Waals surface area contributed by atoms with Gasteiger partial charge in [-0.2, -0.15) is 5.26 Å². The number of fused-ring (bicyclic) bond motifs is 6. The third-order valence-electron chi connectivity index (χ3n) is 5.26. The molecule has 11 heteroatoms. The molecule has 2 heterocycles. The van der Waals surface area contributed by atoms with Crippen molar-refractivity contribution in [3.8, 4) is 28.4 Å². The topological polar surface area (TPSA) is 99.8 Å². The van der Waals surface area contributed by atoms with Crippen molar-refractivity contribution in [2.45, 2.75) is 10.5 Å². The number of thiocyanates is 1. The molecule has 0 amide bonds. The molecule has 160 valence electrons. The van der Waals surface area contributed by atoms with Crippen LogP contribution in [-0.2, 0) is 10.3 Å². The average molecular weight is 705 g/mol. The van der Waals surface area contributed by atoms with Crippen molar-refractivity contribution in [3.05, 3.63) is 70.5 Å². The van der Waals surface area contributed by atoms with E-state index in [1.165, 1.54) is 0 Å². The van der Waals surface area contributed by atoms with E-state index < -0.39 is 11.6 Å². The van der Waals surface area contributed by atoms with E-state index in [-0.39, 0.29) is 31.9 Å².